The van der Waals surface area contributed by atoms with Gasteiger partial charge >= 0.3 is 6.09 Å². The third-order valence-corrected chi connectivity index (χ3v) is 9.14. The number of ether oxygens (including phenoxy) is 2. The maximum atomic E-state index is 13.3. The van der Waals surface area contributed by atoms with E-state index in [1.54, 1.807) is 0 Å². The molecule has 2 aromatic carbocycles. The monoisotopic (exact) mass is 696 g/mol. The lowest BCUT2D eigenvalue weighted by Gasteiger charge is -2.31. The predicted octanol–water partition coefficient (Wildman–Crippen LogP) is 4.53. The van der Waals surface area contributed by atoms with Gasteiger partial charge in [-0.2, -0.15) is 0 Å². The first-order valence-corrected chi connectivity index (χ1v) is 17.5. The van der Waals surface area contributed by atoms with Crippen LogP contribution in [0.5, 0.6) is 0 Å². The van der Waals surface area contributed by atoms with E-state index in [4.69, 9.17) is 25.8 Å². The molecule has 1 aliphatic carbocycles. The Balaban J connectivity index is 1.59. The van der Waals surface area contributed by atoms with E-state index in [1.807, 2.05) is 72.7 Å². The van der Waals surface area contributed by atoms with Crippen LogP contribution >= 0.6 is 0 Å². The van der Waals surface area contributed by atoms with E-state index in [2.05, 4.69) is 45.9 Å². The van der Waals surface area contributed by atoms with Crippen LogP contribution in [0.4, 0.5) is 4.79 Å². The van der Waals surface area contributed by atoms with Crippen molar-refractivity contribution in [3.63, 3.8) is 0 Å². The highest BCUT2D eigenvalue weighted by molar-refractivity contribution is 5.79. The molecule has 12 nitrogen and oxygen atoms in total. The first-order chi connectivity index (χ1) is 23.5. The number of nitrogens with one attached hydrogen (secondary N) is 4. The number of benzene rings is 2. The summed E-state index contributed by atoms with van der Waals surface area (Å²) in [6.45, 7) is 16.7. The first-order valence-electron chi connectivity index (χ1n) is 17.5. The van der Waals surface area contributed by atoms with Gasteiger partial charge in [0.25, 0.3) is 0 Å². The molecular formula is C38H60N6O6. The maximum absolute atomic E-state index is 13.3. The van der Waals surface area contributed by atoms with Crippen LogP contribution in [0.2, 0.25) is 0 Å². The molecule has 1 aliphatic rings. The molecule has 0 bridgehead atoms. The largest absolute Gasteiger partial charge is 0.449 e. The molecule has 1 atom stereocenters. The lowest BCUT2D eigenvalue weighted by molar-refractivity contribution is -0.129. The van der Waals surface area contributed by atoms with Crippen molar-refractivity contribution >= 4 is 17.9 Å². The summed E-state index contributed by atoms with van der Waals surface area (Å²) in [4.78, 5) is 44.4. The van der Waals surface area contributed by atoms with Gasteiger partial charge < -0.3 is 31.6 Å². The summed E-state index contributed by atoms with van der Waals surface area (Å²) in [7, 11) is 0. The van der Waals surface area contributed by atoms with Gasteiger partial charge in [0.15, 0.2) is 0 Å². The number of fused-ring (bicyclic) bond motifs is 3. The third kappa shape index (κ3) is 13.0. The van der Waals surface area contributed by atoms with Crippen LogP contribution in [-0.2, 0) is 23.9 Å². The molecular weight excluding hydrogens is 636 g/mol. The highest BCUT2D eigenvalue weighted by Crippen LogP contribution is 2.44. The molecule has 0 saturated heterocycles. The minimum absolute atomic E-state index is 0.0575. The molecule has 1 unspecified atom stereocenters. The van der Waals surface area contributed by atoms with Crippen molar-refractivity contribution in [1.82, 2.24) is 21.6 Å². The van der Waals surface area contributed by atoms with Crippen LogP contribution < -0.4 is 33.1 Å². The van der Waals surface area contributed by atoms with E-state index >= 15 is 0 Å². The highest BCUT2D eigenvalue weighted by atomic mass is 16.7. The molecule has 2 aromatic rings. The fourth-order valence-electron chi connectivity index (χ4n) is 5.50. The second-order valence-electron chi connectivity index (χ2n) is 16.1. The zero-order valence-electron chi connectivity index (χ0n) is 31.1. The van der Waals surface area contributed by atoms with E-state index in [1.165, 1.54) is 0 Å². The van der Waals surface area contributed by atoms with Crippen molar-refractivity contribution in [3.05, 3.63) is 59.7 Å². The van der Waals surface area contributed by atoms with Crippen molar-refractivity contribution in [3.8, 4) is 11.1 Å². The number of rotatable bonds is 21. The van der Waals surface area contributed by atoms with E-state index in [-0.39, 0.29) is 66.3 Å². The zero-order chi connectivity index (χ0) is 37.0. The molecule has 3 amide bonds. The standard InChI is InChI=1S/C38H60N6O6/c1-35(2,21-39)24-48-25-37(5,6)23-41-32(45)16-18-38(7,19-17-33(46)43-44-50-26-36(3,4)22-40)42-34(47)49-20-31-29-14-10-8-12-27(29)28-13-9-11-15-30(28)31/h8-15,31,44H,16-26,39-40H2,1-7H3,(H,41,45)(H,42,47)(H,43,46). The highest BCUT2D eigenvalue weighted by Gasteiger charge is 2.32. The first kappa shape index (κ1) is 40.9. The summed E-state index contributed by atoms with van der Waals surface area (Å²) in [5.41, 5.74) is 19.4. The van der Waals surface area contributed by atoms with E-state index < -0.39 is 11.6 Å². The third-order valence-electron chi connectivity index (χ3n) is 9.14. The topological polar surface area (TPSA) is 179 Å². The molecule has 0 aromatic heterocycles. The number of hydrogen-bond donors (Lipinski definition) is 6. The molecule has 0 fully saturated rings. The summed E-state index contributed by atoms with van der Waals surface area (Å²) >= 11 is 0. The number of nitrogens with two attached hydrogens (primary N) is 2. The van der Waals surface area contributed by atoms with Gasteiger partial charge in [0, 0.05) is 47.1 Å². The van der Waals surface area contributed by atoms with Crippen LogP contribution in [-0.4, -0.2) is 69.5 Å². The molecule has 0 aliphatic heterocycles. The second kappa shape index (κ2) is 18.1. The molecule has 50 heavy (non-hydrogen) atoms. The van der Waals surface area contributed by atoms with Crippen molar-refractivity contribution < 1.29 is 28.7 Å². The van der Waals surface area contributed by atoms with Gasteiger partial charge in [-0.15, -0.1) is 5.59 Å². The number of carbonyl (C=O) groups is 3. The molecule has 0 heterocycles. The SMILES string of the molecule is CC(C)(CN)COCC(C)(C)CNC(=O)CCC(C)(CCC(=O)NNOCC(C)(C)CN)NC(=O)OCC1c2ccccc2-c2ccccc21. The van der Waals surface area contributed by atoms with Gasteiger partial charge in [0.05, 0.1) is 19.8 Å². The van der Waals surface area contributed by atoms with Gasteiger partial charge in [-0.1, -0.05) is 90.1 Å². The Hall–Kier alpha value is -3.55. The number of amides is 3. The maximum Gasteiger partial charge on any atom is 0.407 e. The fourth-order valence-corrected chi connectivity index (χ4v) is 5.50. The minimum Gasteiger partial charge on any atom is -0.449 e. The number of hydrogen-bond acceptors (Lipinski definition) is 9. The molecule has 12 heteroatoms. The lowest BCUT2D eigenvalue weighted by Crippen LogP contribution is -2.48. The number of carbonyl (C=O) groups excluding carboxylic acids is 3. The quantitative estimate of drug-likeness (QED) is 0.0808. The zero-order valence-corrected chi connectivity index (χ0v) is 31.1. The summed E-state index contributed by atoms with van der Waals surface area (Å²) in [6, 6.07) is 16.3. The van der Waals surface area contributed by atoms with Gasteiger partial charge in [-0.05, 0) is 55.1 Å². The summed E-state index contributed by atoms with van der Waals surface area (Å²) in [5, 5.41) is 5.98. The summed E-state index contributed by atoms with van der Waals surface area (Å²) < 4.78 is 11.7. The molecule has 8 N–H and O–H groups in total. The molecule has 0 saturated carbocycles. The minimum atomic E-state index is -0.925. The normalized spacial score (nSPS) is 14.3. The molecule has 0 radical (unpaired) electrons. The Labute approximate surface area is 298 Å². The average molecular weight is 697 g/mol. The summed E-state index contributed by atoms with van der Waals surface area (Å²) in [6.07, 6.45) is 0.116. The smallest absolute Gasteiger partial charge is 0.407 e. The second-order valence-corrected chi connectivity index (χ2v) is 16.1. The average Bonchev–Trinajstić information content (AvgIpc) is 3.40. The van der Waals surface area contributed by atoms with Gasteiger partial charge in [-0.3, -0.25) is 19.9 Å². The Bertz CT molecular complexity index is 1380. The van der Waals surface area contributed by atoms with Crippen molar-refractivity contribution in [2.45, 2.75) is 85.6 Å². The van der Waals surface area contributed by atoms with Crippen molar-refractivity contribution in [1.29, 1.82) is 0 Å². The van der Waals surface area contributed by atoms with Crippen LogP contribution in [0, 0.1) is 16.2 Å². The van der Waals surface area contributed by atoms with Crippen molar-refractivity contribution in [2.24, 2.45) is 27.7 Å². The fraction of sp³-hybridized carbons (Fsp3) is 0.605. The van der Waals surface area contributed by atoms with E-state index in [9.17, 15) is 14.4 Å². The van der Waals surface area contributed by atoms with Crippen LogP contribution in [0.25, 0.3) is 11.1 Å². The Morgan fingerprint density at radius 3 is 1.82 bits per heavy atom. The Morgan fingerprint density at radius 1 is 0.720 bits per heavy atom. The number of alkyl carbamates (subject to hydrolysis) is 1. The van der Waals surface area contributed by atoms with E-state index in [0.717, 1.165) is 22.3 Å². The van der Waals surface area contributed by atoms with Crippen LogP contribution in [0.3, 0.4) is 0 Å². The van der Waals surface area contributed by atoms with Crippen LogP contribution in [0.15, 0.2) is 48.5 Å². The van der Waals surface area contributed by atoms with E-state index in [0.29, 0.717) is 39.5 Å². The lowest BCUT2D eigenvalue weighted by atomic mass is 9.89. The molecule has 3 rings (SSSR count). The Kier molecular flexibility index (Phi) is 14.8. The van der Waals surface area contributed by atoms with Gasteiger partial charge in [0.1, 0.15) is 6.61 Å². The molecule has 0 spiro atoms. The number of hydrazine groups is 1. The molecule has 278 valence electrons. The van der Waals surface area contributed by atoms with Gasteiger partial charge in [-0.25, -0.2) is 4.79 Å². The summed E-state index contributed by atoms with van der Waals surface area (Å²) in [5.74, 6) is -0.594. The predicted molar refractivity (Wildman–Crippen MR) is 196 cm³/mol. The van der Waals surface area contributed by atoms with Gasteiger partial charge in [0.2, 0.25) is 11.8 Å². The van der Waals surface area contributed by atoms with Crippen LogP contribution in [0.1, 0.15) is 91.2 Å². The van der Waals surface area contributed by atoms with Crippen molar-refractivity contribution in [2.75, 3.05) is 46.1 Å². The Morgan fingerprint density at radius 2 is 1.24 bits per heavy atom.